The third kappa shape index (κ3) is 2.87. The minimum Gasteiger partial charge on any atom is -0.481 e. The smallest absolute Gasteiger partial charge is 0.416 e. The van der Waals surface area contributed by atoms with E-state index in [1.165, 1.54) is 23.9 Å². The molecule has 114 valence electrons. The number of nitrogens with zero attached hydrogens (tertiary/aromatic N) is 2. The number of hydrogen-bond donors (Lipinski definition) is 1. The van der Waals surface area contributed by atoms with Gasteiger partial charge in [-0.3, -0.25) is 0 Å². The lowest BCUT2D eigenvalue weighted by atomic mass is 10.2. The number of methoxy groups -OCH3 is 1. The van der Waals surface area contributed by atoms with Crippen molar-refractivity contribution in [2.75, 3.05) is 7.11 Å². The molecule has 0 fully saturated rings. The number of aryl methyl sites for hydroxylation is 1. The molecule has 1 aromatic carbocycles. The van der Waals surface area contributed by atoms with Crippen LogP contribution in [0.1, 0.15) is 23.7 Å². The monoisotopic (exact) mass is 300 g/mol. The lowest BCUT2D eigenvalue weighted by molar-refractivity contribution is -0.137. The van der Waals surface area contributed by atoms with Crippen LogP contribution in [0.4, 0.5) is 13.2 Å². The number of ether oxygens (including phenoxy) is 1. The van der Waals surface area contributed by atoms with E-state index in [0.29, 0.717) is 17.7 Å². The lowest BCUT2D eigenvalue weighted by Gasteiger charge is -2.10. The van der Waals surface area contributed by atoms with Crippen molar-refractivity contribution in [1.29, 1.82) is 0 Å². The van der Waals surface area contributed by atoms with Crippen LogP contribution >= 0.6 is 0 Å². The molecule has 0 aliphatic heterocycles. The Labute approximate surface area is 119 Å². The summed E-state index contributed by atoms with van der Waals surface area (Å²) < 4.78 is 44.8. The molecule has 4 nitrogen and oxygen atoms in total. The highest BCUT2D eigenvalue weighted by molar-refractivity contribution is 5.43. The Morgan fingerprint density at radius 2 is 2.05 bits per heavy atom. The van der Waals surface area contributed by atoms with Gasteiger partial charge >= 0.3 is 6.18 Å². The van der Waals surface area contributed by atoms with Crippen LogP contribution in [0.2, 0.25) is 0 Å². The summed E-state index contributed by atoms with van der Waals surface area (Å²) in [5.41, 5.74) is 0.543. The first-order chi connectivity index (χ1) is 9.92. The maximum atomic E-state index is 12.8. The van der Waals surface area contributed by atoms with E-state index in [0.717, 1.165) is 12.1 Å². The number of hydrogen-bond acceptors (Lipinski definition) is 3. The molecular formula is C14H15F3N2O2. The Kier molecular flexibility index (Phi) is 4.22. The molecular weight excluding hydrogens is 285 g/mol. The second-order valence-electron chi connectivity index (χ2n) is 4.41. The standard InChI is InChI=1S/C14H15F3N2O2/c1-3-12-11(8-20)13(21-2)19(18-12)10-6-4-5-9(7-10)14(15,16)17/h4-7,20H,3,8H2,1-2H3. The van der Waals surface area contributed by atoms with Gasteiger partial charge in [0.2, 0.25) is 5.88 Å². The zero-order valence-electron chi connectivity index (χ0n) is 11.6. The summed E-state index contributed by atoms with van der Waals surface area (Å²) in [6.07, 6.45) is -3.89. The van der Waals surface area contributed by atoms with Crippen molar-refractivity contribution < 1.29 is 23.0 Å². The first-order valence-corrected chi connectivity index (χ1v) is 6.35. The fourth-order valence-corrected chi connectivity index (χ4v) is 2.12. The average Bonchev–Trinajstić information content (AvgIpc) is 2.84. The van der Waals surface area contributed by atoms with E-state index in [-0.39, 0.29) is 18.2 Å². The minimum atomic E-state index is -4.43. The number of halogens is 3. The van der Waals surface area contributed by atoms with Gasteiger partial charge in [-0.25, -0.2) is 4.68 Å². The van der Waals surface area contributed by atoms with Crippen LogP contribution in [-0.2, 0) is 19.2 Å². The topological polar surface area (TPSA) is 47.3 Å². The molecule has 0 saturated heterocycles. The highest BCUT2D eigenvalue weighted by Gasteiger charge is 2.31. The van der Waals surface area contributed by atoms with Gasteiger partial charge in [0.1, 0.15) is 0 Å². The van der Waals surface area contributed by atoms with E-state index in [1.54, 1.807) is 0 Å². The van der Waals surface area contributed by atoms with Crippen molar-refractivity contribution in [2.24, 2.45) is 0 Å². The third-order valence-corrected chi connectivity index (χ3v) is 3.12. The molecule has 7 heteroatoms. The summed E-state index contributed by atoms with van der Waals surface area (Å²) >= 11 is 0. The number of aromatic nitrogens is 2. The van der Waals surface area contributed by atoms with Gasteiger partial charge in [-0.1, -0.05) is 13.0 Å². The van der Waals surface area contributed by atoms with Gasteiger partial charge < -0.3 is 9.84 Å². The van der Waals surface area contributed by atoms with Crippen molar-refractivity contribution >= 4 is 0 Å². The Morgan fingerprint density at radius 3 is 2.57 bits per heavy atom. The lowest BCUT2D eigenvalue weighted by Crippen LogP contribution is -2.07. The predicted octanol–water partition coefficient (Wildman–Crippen LogP) is 2.95. The van der Waals surface area contributed by atoms with E-state index in [1.807, 2.05) is 6.92 Å². The molecule has 2 rings (SSSR count). The Morgan fingerprint density at radius 1 is 1.33 bits per heavy atom. The highest BCUT2D eigenvalue weighted by atomic mass is 19.4. The number of aliphatic hydroxyl groups excluding tert-OH is 1. The fraction of sp³-hybridized carbons (Fsp3) is 0.357. The average molecular weight is 300 g/mol. The first kappa shape index (κ1) is 15.4. The van der Waals surface area contributed by atoms with E-state index in [4.69, 9.17) is 4.74 Å². The molecule has 0 radical (unpaired) electrons. The number of alkyl halides is 3. The summed E-state index contributed by atoms with van der Waals surface area (Å²) in [7, 11) is 1.39. The largest absolute Gasteiger partial charge is 0.481 e. The van der Waals surface area contributed by atoms with E-state index < -0.39 is 11.7 Å². The minimum absolute atomic E-state index is 0.232. The van der Waals surface area contributed by atoms with Crippen LogP contribution in [0.3, 0.4) is 0 Å². The van der Waals surface area contributed by atoms with Gasteiger partial charge in [-0.15, -0.1) is 0 Å². The van der Waals surface area contributed by atoms with E-state index in [9.17, 15) is 18.3 Å². The van der Waals surface area contributed by atoms with Crippen molar-refractivity contribution in [3.05, 3.63) is 41.1 Å². The maximum absolute atomic E-state index is 12.8. The van der Waals surface area contributed by atoms with E-state index in [2.05, 4.69) is 5.10 Å². The van der Waals surface area contributed by atoms with Crippen molar-refractivity contribution in [1.82, 2.24) is 9.78 Å². The summed E-state index contributed by atoms with van der Waals surface area (Å²) in [4.78, 5) is 0. The Balaban J connectivity index is 2.59. The summed E-state index contributed by atoms with van der Waals surface area (Å²) in [5, 5.41) is 13.6. The summed E-state index contributed by atoms with van der Waals surface area (Å²) in [5.74, 6) is 0.244. The van der Waals surface area contributed by atoms with Crippen molar-refractivity contribution in [2.45, 2.75) is 26.1 Å². The van der Waals surface area contributed by atoms with Gasteiger partial charge in [0.25, 0.3) is 0 Å². The summed E-state index contributed by atoms with van der Waals surface area (Å²) in [6, 6.07) is 4.80. The van der Waals surface area contributed by atoms with Crippen LogP contribution in [-0.4, -0.2) is 22.0 Å². The molecule has 0 amide bonds. The molecule has 1 N–H and O–H groups in total. The van der Waals surface area contributed by atoms with Crippen LogP contribution in [0.25, 0.3) is 5.69 Å². The van der Waals surface area contributed by atoms with Gasteiger partial charge in [0.05, 0.1) is 36.2 Å². The Hall–Kier alpha value is -2.02. The Bertz CT molecular complexity index is 636. The third-order valence-electron chi connectivity index (χ3n) is 3.12. The molecule has 21 heavy (non-hydrogen) atoms. The molecule has 0 spiro atoms. The molecule has 0 aliphatic rings. The predicted molar refractivity (Wildman–Crippen MR) is 70.4 cm³/mol. The van der Waals surface area contributed by atoms with Crippen LogP contribution in [0.15, 0.2) is 24.3 Å². The van der Waals surface area contributed by atoms with Crippen molar-refractivity contribution in [3.63, 3.8) is 0 Å². The molecule has 0 aliphatic carbocycles. The highest BCUT2D eigenvalue weighted by Crippen LogP contribution is 2.32. The summed E-state index contributed by atoms with van der Waals surface area (Å²) in [6.45, 7) is 1.56. The quantitative estimate of drug-likeness (QED) is 0.944. The van der Waals surface area contributed by atoms with Gasteiger partial charge in [-0.05, 0) is 24.6 Å². The van der Waals surface area contributed by atoms with Crippen LogP contribution in [0, 0.1) is 0 Å². The second kappa shape index (κ2) is 5.77. The van der Waals surface area contributed by atoms with Gasteiger partial charge in [0, 0.05) is 0 Å². The fourth-order valence-electron chi connectivity index (χ4n) is 2.12. The number of benzene rings is 1. The molecule has 0 atom stereocenters. The first-order valence-electron chi connectivity index (χ1n) is 6.35. The molecule has 0 unspecified atom stereocenters. The second-order valence-corrected chi connectivity index (χ2v) is 4.41. The van der Waals surface area contributed by atoms with Gasteiger partial charge in [0.15, 0.2) is 0 Å². The molecule has 2 aromatic rings. The van der Waals surface area contributed by atoms with Crippen LogP contribution in [0.5, 0.6) is 5.88 Å². The molecule has 1 aromatic heterocycles. The van der Waals surface area contributed by atoms with E-state index >= 15 is 0 Å². The zero-order chi connectivity index (χ0) is 15.6. The molecule has 0 bridgehead atoms. The van der Waals surface area contributed by atoms with Gasteiger partial charge in [-0.2, -0.15) is 18.3 Å². The zero-order valence-corrected chi connectivity index (χ0v) is 11.6. The van der Waals surface area contributed by atoms with Crippen LogP contribution < -0.4 is 4.74 Å². The molecule has 1 heterocycles. The normalized spacial score (nSPS) is 11.7. The maximum Gasteiger partial charge on any atom is 0.416 e. The number of aliphatic hydroxyl groups is 1. The van der Waals surface area contributed by atoms with Crippen molar-refractivity contribution in [3.8, 4) is 11.6 Å². The molecule has 0 saturated carbocycles. The SMILES string of the molecule is CCc1nn(-c2cccc(C(F)(F)F)c2)c(OC)c1CO. The number of rotatable bonds is 4.